The predicted molar refractivity (Wildman–Crippen MR) is 91.6 cm³/mol. The van der Waals surface area contributed by atoms with Gasteiger partial charge in [0, 0.05) is 11.8 Å². The van der Waals surface area contributed by atoms with Crippen molar-refractivity contribution in [2.45, 2.75) is 12.8 Å². The van der Waals surface area contributed by atoms with E-state index in [1.807, 2.05) is 0 Å². The number of amides is 1. The Morgan fingerprint density at radius 3 is 2.15 bits per heavy atom. The maximum absolute atomic E-state index is 12.3. The number of carbonyl (C=O) groups excluding carboxylic acids is 1. The lowest BCUT2D eigenvalue weighted by molar-refractivity contribution is -0.274. The van der Waals surface area contributed by atoms with Crippen molar-refractivity contribution in [1.29, 1.82) is 0 Å². The zero-order valence-corrected chi connectivity index (χ0v) is 14.8. The molecule has 0 atom stereocenters. The van der Waals surface area contributed by atoms with Gasteiger partial charge in [0.15, 0.2) is 11.5 Å². The van der Waals surface area contributed by atoms with Crippen molar-refractivity contribution in [2.75, 3.05) is 26.6 Å². The molecule has 0 radical (unpaired) electrons. The first-order chi connectivity index (χ1) is 12.8. The van der Waals surface area contributed by atoms with Crippen LogP contribution in [0.3, 0.4) is 0 Å². The summed E-state index contributed by atoms with van der Waals surface area (Å²) in [4.78, 5) is 12.2. The van der Waals surface area contributed by atoms with Crippen LogP contribution in [0.1, 0.15) is 5.56 Å². The molecule has 27 heavy (non-hydrogen) atoms. The molecule has 2 aromatic rings. The first-order valence-electron chi connectivity index (χ1n) is 7.70. The average Bonchev–Trinajstić information content (AvgIpc) is 2.59. The van der Waals surface area contributed by atoms with Crippen LogP contribution in [0.15, 0.2) is 36.4 Å². The number of methoxy groups -OCH3 is 3. The van der Waals surface area contributed by atoms with Crippen LogP contribution in [-0.2, 0) is 11.2 Å². The topological polar surface area (TPSA) is 66.0 Å². The number of hydrogen-bond donors (Lipinski definition) is 1. The van der Waals surface area contributed by atoms with Crippen LogP contribution in [0.2, 0.25) is 0 Å². The number of ether oxygens (including phenoxy) is 4. The molecule has 2 aromatic carbocycles. The highest BCUT2D eigenvalue weighted by atomic mass is 19.4. The van der Waals surface area contributed by atoms with Crippen LogP contribution in [-0.4, -0.2) is 33.6 Å². The standard InChI is InChI=1S/C18H18F3NO5/c1-24-14-7-11(8-15(25-2)17(14)26-3)9-16(23)22-12-5-4-6-13(10-12)27-18(19,20)21/h4-8,10H,9H2,1-3H3,(H,22,23). The fourth-order valence-corrected chi connectivity index (χ4v) is 2.40. The molecule has 9 heteroatoms. The van der Waals surface area contributed by atoms with Gasteiger partial charge in [0.2, 0.25) is 11.7 Å². The summed E-state index contributed by atoms with van der Waals surface area (Å²) in [7, 11) is 4.36. The molecule has 0 aliphatic rings. The van der Waals surface area contributed by atoms with Crippen molar-refractivity contribution in [2.24, 2.45) is 0 Å². The molecule has 0 aliphatic heterocycles. The Morgan fingerprint density at radius 2 is 1.63 bits per heavy atom. The van der Waals surface area contributed by atoms with Crippen molar-refractivity contribution >= 4 is 11.6 Å². The van der Waals surface area contributed by atoms with E-state index in [9.17, 15) is 18.0 Å². The van der Waals surface area contributed by atoms with Gasteiger partial charge in [-0.25, -0.2) is 0 Å². The van der Waals surface area contributed by atoms with Crippen LogP contribution in [0.5, 0.6) is 23.0 Å². The molecule has 2 rings (SSSR count). The number of nitrogens with one attached hydrogen (secondary N) is 1. The van der Waals surface area contributed by atoms with Crippen LogP contribution < -0.4 is 24.3 Å². The Bertz CT molecular complexity index is 783. The lowest BCUT2D eigenvalue weighted by Gasteiger charge is -2.14. The molecule has 0 fully saturated rings. The van der Waals surface area contributed by atoms with E-state index >= 15 is 0 Å². The molecule has 0 unspecified atom stereocenters. The van der Waals surface area contributed by atoms with Gasteiger partial charge in [0.05, 0.1) is 27.8 Å². The third-order valence-corrected chi connectivity index (χ3v) is 3.44. The van der Waals surface area contributed by atoms with E-state index in [1.54, 1.807) is 12.1 Å². The van der Waals surface area contributed by atoms with E-state index in [-0.39, 0.29) is 12.1 Å². The molecule has 6 nitrogen and oxygen atoms in total. The summed E-state index contributed by atoms with van der Waals surface area (Å²) < 4.78 is 56.3. The Labute approximate surface area is 153 Å². The fourth-order valence-electron chi connectivity index (χ4n) is 2.40. The first-order valence-corrected chi connectivity index (χ1v) is 7.70. The van der Waals surface area contributed by atoms with Crippen LogP contribution in [0, 0.1) is 0 Å². The highest BCUT2D eigenvalue weighted by Gasteiger charge is 2.31. The Hall–Kier alpha value is -3.10. The number of alkyl halides is 3. The average molecular weight is 385 g/mol. The van der Waals surface area contributed by atoms with Gasteiger partial charge in [-0.2, -0.15) is 0 Å². The number of halogens is 3. The highest BCUT2D eigenvalue weighted by molar-refractivity contribution is 5.92. The fraction of sp³-hybridized carbons (Fsp3) is 0.278. The van der Waals surface area contributed by atoms with E-state index in [0.717, 1.165) is 12.1 Å². The van der Waals surface area contributed by atoms with E-state index in [0.29, 0.717) is 22.8 Å². The molecule has 0 saturated carbocycles. The molecule has 0 heterocycles. The molecular weight excluding hydrogens is 367 g/mol. The lowest BCUT2D eigenvalue weighted by atomic mass is 10.1. The van der Waals surface area contributed by atoms with Gasteiger partial charge in [-0.15, -0.1) is 13.2 Å². The Balaban J connectivity index is 2.13. The largest absolute Gasteiger partial charge is 0.573 e. The quantitative estimate of drug-likeness (QED) is 0.786. The van der Waals surface area contributed by atoms with Crippen molar-refractivity contribution in [3.05, 3.63) is 42.0 Å². The first kappa shape index (κ1) is 20.2. The maximum Gasteiger partial charge on any atom is 0.573 e. The van der Waals surface area contributed by atoms with Crippen molar-refractivity contribution in [3.8, 4) is 23.0 Å². The van der Waals surface area contributed by atoms with Crippen LogP contribution >= 0.6 is 0 Å². The second kappa shape index (κ2) is 8.52. The minimum absolute atomic E-state index is 0.0545. The number of benzene rings is 2. The summed E-state index contributed by atoms with van der Waals surface area (Å²) in [6, 6.07) is 8.25. The van der Waals surface area contributed by atoms with Gasteiger partial charge in [-0.3, -0.25) is 4.79 Å². The summed E-state index contributed by atoms with van der Waals surface area (Å²) in [6.45, 7) is 0. The smallest absolute Gasteiger partial charge is 0.493 e. The summed E-state index contributed by atoms with van der Waals surface area (Å²) in [5, 5.41) is 2.52. The van der Waals surface area contributed by atoms with Crippen molar-refractivity contribution in [3.63, 3.8) is 0 Å². The molecule has 146 valence electrons. The van der Waals surface area contributed by atoms with Gasteiger partial charge >= 0.3 is 6.36 Å². The summed E-state index contributed by atoms with van der Waals surface area (Å²) in [5.41, 5.74) is 0.749. The Kier molecular flexibility index (Phi) is 6.38. The molecule has 0 saturated heterocycles. The molecule has 0 bridgehead atoms. The van der Waals surface area contributed by atoms with Gasteiger partial charge in [0.25, 0.3) is 0 Å². The molecule has 1 N–H and O–H groups in total. The second-order valence-corrected chi connectivity index (χ2v) is 5.33. The molecule has 1 amide bonds. The molecule has 0 aromatic heterocycles. The molecular formula is C18H18F3NO5. The monoisotopic (exact) mass is 385 g/mol. The third kappa shape index (κ3) is 5.70. The zero-order valence-electron chi connectivity index (χ0n) is 14.8. The molecule has 0 spiro atoms. The SMILES string of the molecule is COc1cc(CC(=O)Nc2cccc(OC(F)(F)F)c2)cc(OC)c1OC. The number of rotatable bonds is 7. The van der Waals surface area contributed by atoms with Crippen LogP contribution in [0.4, 0.5) is 18.9 Å². The minimum atomic E-state index is -4.81. The Morgan fingerprint density at radius 1 is 1.00 bits per heavy atom. The number of anilines is 1. The molecule has 0 aliphatic carbocycles. The normalized spacial score (nSPS) is 10.9. The van der Waals surface area contributed by atoms with E-state index in [1.165, 1.54) is 33.5 Å². The predicted octanol–water partition coefficient (Wildman–Crippen LogP) is 3.79. The van der Waals surface area contributed by atoms with Gasteiger partial charge in [-0.1, -0.05) is 6.07 Å². The number of carbonyl (C=O) groups is 1. The number of hydrogen-bond acceptors (Lipinski definition) is 5. The van der Waals surface area contributed by atoms with E-state index in [4.69, 9.17) is 14.2 Å². The summed E-state index contributed by atoms with van der Waals surface area (Å²) in [6.07, 6.45) is -4.86. The van der Waals surface area contributed by atoms with E-state index < -0.39 is 18.0 Å². The van der Waals surface area contributed by atoms with Gasteiger partial charge in [-0.05, 0) is 29.8 Å². The maximum atomic E-state index is 12.3. The van der Waals surface area contributed by atoms with Crippen LogP contribution in [0.25, 0.3) is 0 Å². The summed E-state index contributed by atoms with van der Waals surface area (Å²) in [5.74, 6) is 0.308. The summed E-state index contributed by atoms with van der Waals surface area (Å²) >= 11 is 0. The van der Waals surface area contributed by atoms with E-state index in [2.05, 4.69) is 10.1 Å². The lowest BCUT2D eigenvalue weighted by Crippen LogP contribution is -2.18. The van der Waals surface area contributed by atoms with Crippen molar-refractivity contribution < 1.29 is 36.9 Å². The zero-order chi connectivity index (χ0) is 20.0. The van der Waals surface area contributed by atoms with Gasteiger partial charge in [0.1, 0.15) is 5.75 Å². The van der Waals surface area contributed by atoms with Gasteiger partial charge < -0.3 is 24.3 Å². The third-order valence-electron chi connectivity index (χ3n) is 3.44. The second-order valence-electron chi connectivity index (χ2n) is 5.33. The minimum Gasteiger partial charge on any atom is -0.493 e. The van der Waals surface area contributed by atoms with Crippen molar-refractivity contribution in [1.82, 2.24) is 0 Å². The highest BCUT2D eigenvalue weighted by Crippen LogP contribution is 2.38.